The third-order valence-electron chi connectivity index (χ3n) is 6.36. The maximum Gasteiger partial charge on any atom is 0.264 e. The predicted molar refractivity (Wildman–Crippen MR) is 149 cm³/mol. The maximum atomic E-state index is 13.9. The van der Waals surface area contributed by atoms with Gasteiger partial charge < -0.3 is 24.3 Å². The van der Waals surface area contributed by atoms with Crippen LogP contribution in [-0.2, 0) is 14.8 Å². The van der Waals surface area contributed by atoms with Gasteiger partial charge in [-0.3, -0.25) is 9.10 Å². The molecule has 0 bridgehead atoms. The Balaban J connectivity index is 1.67. The van der Waals surface area contributed by atoms with E-state index in [4.69, 9.17) is 30.5 Å². The van der Waals surface area contributed by atoms with Crippen LogP contribution in [0, 0.1) is 0 Å². The van der Waals surface area contributed by atoms with E-state index in [0.29, 0.717) is 28.7 Å². The number of nitrogens with zero attached hydrogens (tertiary/aromatic N) is 1. The Morgan fingerprint density at radius 2 is 1.69 bits per heavy atom. The van der Waals surface area contributed by atoms with Gasteiger partial charge in [-0.2, -0.15) is 0 Å². The molecule has 1 heterocycles. The first-order chi connectivity index (χ1) is 18.5. The molecule has 4 rings (SSSR count). The molecule has 208 valence electrons. The van der Waals surface area contributed by atoms with Crippen LogP contribution >= 0.6 is 11.6 Å². The molecule has 39 heavy (non-hydrogen) atoms. The monoisotopic (exact) mass is 574 g/mol. The third kappa shape index (κ3) is 6.17. The van der Waals surface area contributed by atoms with Gasteiger partial charge in [-0.15, -0.1) is 0 Å². The minimum atomic E-state index is -4.20. The minimum absolute atomic E-state index is 0.0625. The number of halogens is 1. The Morgan fingerprint density at radius 3 is 2.33 bits per heavy atom. The molecule has 1 amide bonds. The number of rotatable bonds is 9. The van der Waals surface area contributed by atoms with Crippen LogP contribution in [0.15, 0.2) is 65.6 Å². The normalized spacial score (nSPS) is 15.9. The summed E-state index contributed by atoms with van der Waals surface area (Å²) in [7, 11) is 0.247. The molecule has 0 aliphatic carbocycles. The third-order valence-corrected chi connectivity index (χ3v) is 8.38. The number of fused-ring (bicyclic) bond motifs is 1. The second kappa shape index (κ2) is 11.2. The molecule has 0 spiro atoms. The van der Waals surface area contributed by atoms with E-state index in [9.17, 15) is 13.2 Å². The fourth-order valence-electron chi connectivity index (χ4n) is 4.48. The maximum absolute atomic E-state index is 13.9. The van der Waals surface area contributed by atoms with Crippen LogP contribution in [0.5, 0.6) is 23.0 Å². The molecule has 0 saturated carbocycles. The van der Waals surface area contributed by atoms with E-state index in [-0.39, 0.29) is 16.3 Å². The molecule has 3 aromatic rings. The number of hydrogen-bond acceptors (Lipinski definition) is 7. The summed E-state index contributed by atoms with van der Waals surface area (Å²) >= 11 is 6.05. The van der Waals surface area contributed by atoms with Crippen LogP contribution in [0.2, 0.25) is 5.02 Å². The number of nitrogens with one attached hydrogen (secondary N) is 1. The van der Waals surface area contributed by atoms with E-state index < -0.39 is 34.1 Å². The van der Waals surface area contributed by atoms with E-state index in [1.165, 1.54) is 32.4 Å². The summed E-state index contributed by atoms with van der Waals surface area (Å²) in [4.78, 5) is 13.4. The van der Waals surface area contributed by atoms with Crippen molar-refractivity contribution in [1.82, 2.24) is 5.32 Å². The first kappa shape index (κ1) is 28.4. The summed E-state index contributed by atoms with van der Waals surface area (Å²) in [6, 6.07) is 15.5. The van der Waals surface area contributed by atoms with Crippen LogP contribution in [-0.4, -0.2) is 47.8 Å². The van der Waals surface area contributed by atoms with E-state index in [2.05, 4.69) is 5.32 Å². The van der Waals surface area contributed by atoms with Gasteiger partial charge in [0.15, 0.2) is 11.5 Å². The number of methoxy groups -OCH3 is 3. The second-order valence-corrected chi connectivity index (χ2v) is 11.9. The van der Waals surface area contributed by atoms with Crippen LogP contribution in [0.1, 0.15) is 31.9 Å². The number of ether oxygens (including phenoxy) is 4. The summed E-state index contributed by atoms with van der Waals surface area (Å²) in [5.41, 5.74) is 0.491. The molecule has 1 atom stereocenters. The highest BCUT2D eigenvalue weighted by Crippen LogP contribution is 2.41. The average molecular weight is 575 g/mol. The average Bonchev–Trinajstić information content (AvgIpc) is 2.90. The zero-order chi connectivity index (χ0) is 28.4. The number of carbonyl (C=O) groups excluding carboxylic acids is 1. The van der Waals surface area contributed by atoms with Crippen molar-refractivity contribution < 1.29 is 32.2 Å². The quantitative estimate of drug-likeness (QED) is 0.384. The Morgan fingerprint density at radius 1 is 1.00 bits per heavy atom. The smallest absolute Gasteiger partial charge is 0.264 e. The Hall–Kier alpha value is -3.63. The largest absolute Gasteiger partial charge is 0.497 e. The molecule has 9 nitrogen and oxygen atoms in total. The van der Waals surface area contributed by atoms with Gasteiger partial charge in [0.25, 0.3) is 10.0 Å². The van der Waals surface area contributed by atoms with Crippen LogP contribution in [0.25, 0.3) is 0 Å². The lowest BCUT2D eigenvalue weighted by Gasteiger charge is -2.38. The first-order valence-corrected chi connectivity index (χ1v) is 14.0. The lowest BCUT2D eigenvalue weighted by molar-refractivity contribution is -0.120. The Bertz CT molecular complexity index is 1460. The van der Waals surface area contributed by atoms with Crippen molar-refractivity contribution in [3.05, 3.63) is 71.2 Å². The number of carbonyl (C=O) groups is 1. The van der Waals surface area contributed by atoms with Crippen molar-refractivity contribution in [2.45, 2.75) is 36.8 Å². The van der Waals surface area contributed by atoms with Crippen molar-refractivity contribution in [3.8, 4) is 23.0 Å². The topological polar surface area (TPSA) is 103 Å². The predicted octanol–water partition coefficient (Wildman–Crippen LogP) is 4.98. The lowest BCUT2D eigenvalue weighted by Crippen LogP contribution is -2.45. The summed E-state index contributed by atoms with van der Waals surface area (Å²) in [6.07, 6.45) is 0.488. The Kier molecular flexibility index (Phi) is 8.17. The number of benzene rings is 3. The van der Waals surface area contributed by atoms with E-state index in [1.54, 1.807) is 43.5 Å². The van der Waals surface area contributed by atoms with Gasteiger partial charge in [-0.25, -0.2) is 8.42 Å². The van der Waals surface area contributed by atoms with Crippen LogP contribution in [0.3, 0.4) is 0 Å². The molecule has 0 radical (unpaired) electrons. The number of anilines is 1. The summed E-state index contributed by atoms with van der Waals surface area (Å²) in [5.74, 6) is 1.37. The zero-order valence-corrected chi connectivity index (χ0v) is 23.9. The van der Waals surface area contributed by atoms with Gasteiger partial charge in [0.2, 0.25) is 5.91 Å². The van der Waals surface area contributed by atoms with Crippen LogP contribution < -0.4 is 28.6 Å². The van der Waals surface area contributed by atoms with E-state index >= 15 is 0 Å². The summed E-state index contributed by atoms with van der Waals surface area (Å²) < 4.78 is 50.8. The van der Waals surface area contributed by atoms with Gasteiger partial charge in [0.05, 0.1) is 38.0 Å². The van der Waals surface area contributed by atoms with Gasteiger partial charge in [0.1, 0.15) is 23.6 Å². The molecular weight excluding hydrogens is 544 g/mol. The molecule has 1 aliphatic heterocycles. The Labute approximate surface area is 233 Å². The molecule has 11 heteroatoms. The highest BCUT2D eigenvalue weighted by atomic mass is 35.5. The van der Waals surface area contributed by atoms with Crippen molar-refractivity contribution in [2.24, 2.45) is 0 Å². The number of amides is 1. The van der Waals surface area contributed by atoms with Crippen molar-refractivity contribution in [1.29, 1.82) is 0 Å². The van der Waals surface area contributed by atoms with Gasteiger partial charge in [-0.05, 0) is 62.4 Å². The standard InChI is InChI=1S/C28H31ClN2O7S/c1-28(2)16-23(22-12-10-20(35-3)14-25(22)38-28)30-27(32)17-31(19-8-6-18(29)7-9-19)39(33,34)21-11-13-24(36-4)26(15-21)37-5/h6-15,23H,16-17H2,1-5H3,(H,30,32). The first-order valence-electron chi connectivity index (χ1n) is 12.1. The van der Waals surface area contributed by atoms with E-state index in [1.807, 2.05) is 19.9 Å². The molecule has 1 aliphatic rings. The van der Waals surface area contributed by atoms with Gasteiger partial charge in [-0.1, -0.05) is 11.6 Å². The second-order valence-electron chi connectivity index (χ2n) is 9.59. The van der Waals surface area contributed by atoms with Crippen molar-refractivity contribution in [2.75, 3.05) is 32.2 Å². The SMILES string of the molecule is COc1ccc2c(c1)OC(C)(C)CC2NC(=O)CN(c1ccc(Cl)cc1)S(=O)(=O)c1ccc(OC)c(OC)c1. The molecule has 0 aromatic heterocycles. The van der Waals surface area contributed by atoms with Gasteiger partial charge in [0, 0.05) is 29.1 Å². The van der Waals surface area contributed by atoms with Crippen LogP contribution in [0.4, 0.5) is 5.69 Å². The van der Waals surface area contributed by atoms with Crippen molar-refractivity contribution >= 4 is 33.2 Å². The highest BCUT2D eigenvalue weighted by Gasteiger charge is 2.36. The van der Waals surface area contributed by atoms with E-state index in [0.717, 1.165) is 9.87 Å². The fraction of sp³-hybridized carbons (Fsp3) is 0.321. The van der Waals surface area contributed by atoms with Gasteiger partial charge >= 0.3 is 0 Å². The number of hydrogen-bond donors (Lipinski definition) is 1. The molecule has 1 N–H and O–H groups in total. The van der Waals surface area contributed by atoms with Crippen molar-refractivity contribution in [3.63, 3.8) is 0 Å². The molecule has 1 unspecified atom stereocenters. The summed E-state index contributed by atoms with van der Waals surface area (Å²) in [6.45, 7) is 3.38. The molecule has 0 fully saturated rings. The minimum Gasteiger partial charge on any atom is -0.497 e. The fourth-order valence-corrected chi connectivity index (χ4v) is 6.05. The molecule has 3 aromatic carbocycles. The molecular formula is C28H31ClN2O7S. The zero-order valence-electron chi connectivity index (χ0n) is 22.4. The lowest BCUT2D eigenvalue weighted by atomic mass is 9.89. The number of sulfonamides is 1. The summed E-state index contributed by atoms with van der Waals surface area (Å²) in [5, 5.41) is 3.44. The highest BCUT2D eigenvalue weighted by molar-refractivity contribution is 7.92. The molecule has 0 saturated heterocycles.